The minimum absolute atomic E-state index is 0.149. The van der Waals surface area contributed by atoms with E-state index in [4.69, 9.17) is 5.73 Å². The molecular weight excluding hydrogens is 291 g/mol. The molecule has 0 aliphatic heterocycles. The Morgan fingerprint density at radius 2 is 1.86 bits per heavy atom. The van der Waals surface area contributed by atoms with E-state index < -0.39 is 16.1 Å². The van der Waals surface area contributed by atoms with Crippen molar-refractivity contribution < 1.29 is 12.8 Å². The fourth-order valence-corrected chi connectivity index (χ4v) is 3.41. The summed E-state index contributed by atoms with van der Waals surface area (Å²) in [4.78, 5) is 0. The van der Waals surface area contributed by atoms with Crippen LogP contribution in [0.3, 0.4) is 0 Å². The van der Waals surface area contributed by atoms with Crippen molar-refractivity contribution in [3.63, 3.8) is 0 Å². The monoisotopic (exact) mass is 308 g/mol. The number of sulfonamides is 1. The van der Waals surface area contributed by atoms with Crippen molar-refractivity contribution in [2.75, 3.05) is 5.73 Å². The lowest BCUT2D eigenvalue weighted by Crippen LogP contribution is -2.28. The van der Waals surface area contributed by atoms with Crippen molar-refractivity contribution in [2.24, 2.45) is 0 Å². The van der Waals surface area contributed by atoms with E-state index in [1.807, 2.05) is 0 Å². The number of rotatable bonds is 5. The molecule has 0 radical (unpaired) electrons. The maximum absolute atomic E-state index is 12.9. The molecule has 0 bridgehead atoms. The van der Waals surface area contributed by atoms with E-state index >= 15 is 0 Å². The molecular formula is C15H17FN2O2S. The van der Waals surface area contributed by atoms with Gasteiger partial charge in [-0.1, -0.05) is 24.3 Å². The van der Waals surface area contributed by atoms with Gasteiger partial charge in [0.2, 0.25) is 10.0 Å². The average molecular weight is 308 g/mol. The molecule has 0 aromatic heterocycles. The van der Waals surface area contributed by atoms with Gasteiger partial charge in [-0.25, -0.2) is 17.5 Å². The Kier molecular flexibility index (Phi) is 4.59. The van der Waals surface area contributed by atoms with Crippen LogP contribution in [0.25, 0.3) is 0 Å². The van der Waals surface area contributed by atoms with Gasteiger partial charge in [0.1, 0.15) is 5.82 Å². The van der Waals surface area contributed by atoms with Gasteiger partial charge < -0.3 is 5.73 Å². The van der Waals surface area contributed by atoms with Crippen LogP contribution in [-0.4, -0.2) is 8.42 Å². The van der Waals surface area contributed by atoms with Crippen molar-refractivity contribution in [1.29, 1.82) is 0 Å². The number of hydrogen-bond acceptors (Lipinski definition) is 3. The Morgan fingerprint density at radius 1 is 1.19 bits per heavy atom. The summed E-state index contributed by atoms with van der Waals surface area (Å²) in [7, 11) is -3.51. The first-order valence-electron chi connectivity index (χ1n) is 6.45. The van der Waals surface area contributed by atoms with Crippen LogP contribution >= 0.6 is 0 Å². The van der Waals surface area contributed by atoms with E-state index in [0.717, 1.165) is 0 Å². The van der Waals surface area contributed by atoms with Crippen molar-refractivity contribution >= 4 is 15.7 Å². The third-order valence-electron chi connectivity index (χ3n) is 3.03. The van der Waals surface area contributed by atoms with Crippen LogP contribution in [0.15, 0.2) is 48.5 Å². The first kappa shape index (κ1) is 15.5. The lowest BCUT2D eigenvalue weighted by atomic mass is 10.1. The largest absolute Gasteiger partial charge is 0.399 e. The molecule has 6 heteroatoms. The van der Waals surface area contributed by atoms with Crippen LogP contribution < -0.4 is 10.5 Å². The molecule has 4 nitrogen and oxygen atoms in total. The molecule has 0 aliphatic carbocycles. The van der Waals surface area contributed by atoms with E-state index in [1.165, 1.54) is 12.1 Å². The second kappa shape index (κ2) is 6.24. The van der Waals surface area contributed by atoms with Gasteiger partial charge in [0.05, 0.1) is 5.75 Å². The summed E-state index contributed by atoms with van der Waals surface area (Å²) in [6.45, 7) is 1.71. The van der Waals surface area contributed by atoms with Crippen LogP contribution in [-0.2, 0) is 15.8 Å². The van der Waals surface area contributed by atoms with E-state index in [-0.39, 0.29) is 11.6 Å². The molecule has 3 N–H and O–H groups in total. The van der Waals surface area contributed by atoms with E-state index in [0.29, 0.717) is 16.8 Å². The SMILES string of the molecule is CC(NS(=O)(=O)Cc1cccc(N)c1)c1ccc(F)cc1. The molecule has 112 valence electrons. The number of nitrogen functional groups attached to an aromatic ring is 1. The Labute approximate surface area is 123 Å². The van der Waals surface area contributed by atoms with E-state index in [2.05, 4.69) is 4.72 Å². The van der Waals surface area contributed by atoms with Gasteiger partial charge in [0.15, 0.2) is 0 Å². The van der Waals surface area contributed by atoms with Crippen molar-refractivity contribution in [1.82, 2.24) is 4.72 Å². The molecule has 1 atom stereocenters. The van der Waals surface area contributed by atoms with E-state index in [9.17, 15) is 12.8 Å². The molecule has 0 fully saturated rings. The lowest BCUT2D eigenvalue weighted by Gasteiger charge is -2.15. The first-order chi connectivity index (χ1) is 9.85. The predicted octanol–water partition coefficient (Wildman–Crippen LogP) is 2.59. The predicted molar refractivity (Wildman–Crippen MR) is 81.4 cm³/mol. The van der Waals surface area contributed by atoms with Crippen LogP contribution in [0, 0.1) is 5.82 Å². The average Bonchev–Trinajstić information content (AvgIpc) is 2.38. The second-order valence-electron chi connectivity index (χ2n) is 4.90. The van der Waals surface area contributed by atoms with Gasteiger partial charge in [-0.05, 0) is 42.3 Å². The van der Waals surface area contributed by atoms with Gasteiger partial charge in [-0.15, -0.1) is 0 Å². The zero-order chi connectivity index (χ0) is 15.5. The van der Waals surface area contributed by atoms with Crippen molar-refractivity contribution in [3.8, 4) is 0 Å². The van der Waals surface area contributed by atoms with E-state index in [1.54, 1.807) is 43.3 Å². The number of nitrogens with two attached hydrogens (primary N) is 1. The minimum Gasteiger partial charge on any atom is -0.399 e. The summed E-state index contributed by atoms with van der Waals surface area (Å²) >= 11 is 0. The van der Waals surface area contributed by atoms with Crippen LogP contribution in [0.4, 0.5) is 10.1 Å². The van der Waals surface area contributed by atoms with Crippen molar-refractivity contribution in [3.05, 3.63) is 65.5 Å². The first-order valence-corrected chi connectivity index (χ1v) is 8.11. The Morgan fingerprint density at radius 3 is 2.48 bits per heavy atom. The highest BCUT2D eigenvalue weighted by molar-refractivity contribution is 7.88. The van der Waals surface area contributed by atoms with Gasteiger partial charge in [-0.2, -0.15) is 0 Å². The fourth-order valence-electron chi connectivity index (χ4n) is 2.03. The molecule has 0 saturated heterocycles. The standard InChI is InChI=1S/C15H17FN2O2S/c1-11(13-5-7-14(16)8-6-13)18-21(19,20)10-12-3-2-4-15(17)9-12/h2-9,11,18H,10,17H2,1H3. The van der Waals surface area contributed by atoms with Crippen molar-refractivity contribution in [2.45, 2.75) is 18.7 Å². The smallest absolute Gasteiger partial charge is 0.216 e. The zero-order valence-electron chi connectivity index (χ0n) is 11.6. The summed E-state index contributed by atoms with van der Waals surface area (Å²) < 4.78 is 39.7. The van der Waals surface area contributed by atoms with Crippen LogP contribution in [0.5, 0.6) is 0 Å². The molecule has 21 heavy (non-hydrogen) atoms. The quantitative estimate of drug-likeness (QED) is 0.834. The van der Waals surface area contributed by atoms with Gasteiger partial charge in [0.25, 0.3) is 0 Å². The number of halogens is 1. The number of benzene rings is 2. The number of hydrogen-bond donors (Lipinski definition) is 2. The molecule has 0 spiro atoms. The van der Waals surface area contributed by atoms with Gasteiger partial charge in [0, 0.05) is 11.7 Å². The molecule has 2 rings (SSSR count). The Bertz CT molecular complexity index is 715. The highest BCUT2D eigenvalue weighted by Crippen LogP contribution is 2.16. The second-order valence-corrected chi connectivity index (χ2v) is 6.65. The maximum atomic E-state index is 12.9. The summed E-state index contributed by atoms with van der Waals surface area (Å²) in [6, 6.07) is 12.0. The lowest BCUT2D eigenvalue weighted by molar-refractivity contribution is 0.565. The summed E-state index contributed by atoms with van der Waals surface area (Å²) in [6.07, 6.45) is 0. The fraction of sp³-hybridized carbons (Fsp3) is 0.200. The molecule has 0 saturated carbocycles. The molecule has 0 aliphatic rings. The summed E-state index contributed by atoms with van der Waals surface area (Å²) in [5.41, 5.74) is 7.48. The molecule has 2 aromatic rings. The Hall–Kier alpha value is -1.92. The maximum Gasteiger partial charge on any atom is 0.216 e. The Balaban J connectivity index is 2.08. The minimum atomic E-state index is -3.51. The number of nitrogens with one attached hydrogen (secondary N) is 1. The zero-order valence-corrected chi connectivity index (χ0v) is 12.4. The molecule has 1 unspecified atom stereocenters. The normalized spacial score (nSPS) is 13.0. The third-order valence-corrected chi connectivity index (χ3v) is 4.46. The molecule has 2 aromatic carbocycles. The third kappa shape index (κ3) is 4.54. The van der Waals surface area contributed by atoms with Gasteiger partial charge in [-0.3, -0.25) is 0 Å². The topological polar surface area (TPSA) is 72.2 Å². The highest BCUT2D eigenvalue weighted by Gasteiger charge is 2.16. The van der Waals surface area contributed by atoms with Crippen LogP contribution in [0.2, 0.25) is 0 Å². The van der Waals surface area contributed by atoms with Gasteiger partial charge >= 0.3 is 0 Å². The number of anilines is 1. The summed E-state index contributed by atoms with van der Waals surface area (Å²) in [5, 5.41) is 0. The highest BCUT2D eigenvalue weighted by atomic mass is 32.2. The molecule has 0 amide bonds. The van der Waals surface area contributed by atoms with Crippen LogP contribution in [0.1, 0.15) is 24.1 Å². The summed E-state index contributed by atoms with van der Waals surface area (Å²) in [5.74, 6) is -0.502. The molecule has 0 heterocycles.